The molecule has 1 aromatic rings. The molecule has 1 rings (SSSR count). The monoisotopic (exact) mass is 166 g/mol. The molecule has 0 radical (unpaired) electrons. The van der Waals surface area contributed by atoms with Gasteiger partial charge in [0.15, 0.2) is 11.6 Å². The van der Waals surface area contributed by atoms with Crippen molar-refractivity contribution in [2.45, 2.75) is 26.9 Å². The van der Waals surface area contributed by atoms with E-state index in [0.29, 0.717) is 11.6 Å². The highest BCUT2D eigenvalue weighted by atomic mass is 16.5. The lowest BCUT2D eigenvalue weighted by atomic mass is 10.3. The van der Waals surface area contributed by atoms with Crippen molar-refractivity contribution in [1.29, 1.82) is 0 Å². The lowest BCUT2D eigenvalue weighted by Crippen LogP contribution is -2.08. The smallest absolute Gasteiger partial charge is 0.166 e. The van der Waals surface area contributed by atoms with Gasteiger partial charge in [-0.2, -0.15) is 0 Å². The van der Waals surface area contributed by atoms with Crippen LogP contribution in [0.25, 0.3) is 0 Å². The first-order valence-electron chi connectivity index (χ1n) is 3.99. The fourth-order valence-corrected chi connectivity index (χ4v) is 0.918. The van der Waals surface area contributed by atoms with Gasteiger partial charge in [0.1, 0.15) is 0 Å². The summed E-state index contributed by atoms with van der Waals surface area (Å²) in [4.78, 5) is 4.08. The van der Waals surface area contributed by atoms with Gasteiger partial charge in [-0.3, -0.25) is 0 Å². The van der Waals surface area contributed by atoms with E-state index in [0.717, 1.165) is 5.69 Å². The van der Waals surface area contributed by atoms with Gasteiger partial charge in [-0.25, -0.2) is 4.98 Å². The standard InChI is InChI=1S/C9H14N2O/c1-6(2)12-8-5-4-7(3)11-9(8)10/h4-6H,1-3H3,(H2,10,11). The van der Waals surface area contributed by atoms with Gasteiger partial charge in [-0.05, 0) is 32.9 Å². The van der Waals surface area contributed by atoms with E-state index < -0.39 is 0 Å². The van der Waals surface area contributed by atoms with Crippen LogP contribution < -0.4 is 10.5 Å². The molecule has 0 aliphatic carbocycles. The first-order chi connectivity index (χ1) is 5.59. The van der Waals surface area contributed by atoms with E-state index in [2.05, 4.69) is 4.98 Å². The molecule has 0 amide bonds. The Hall–Kier alpha value is -1.25. The third-order valence-corrected chi connectivity index (χ3v) is 1.39. The molecular weight excluding hydrogens is 152 g/mol. The summed E-state index contributed by atoms with van der Waals surface area (Å²) in [5.74, 6) is 1.12. The molecule has 0 aliphatic rings. The van der Waals surface area contributed by atoms with Crippen LogP contribution in [-0.4, -0.2) is 11.1 Å². The van der Waals surface area contributed by atoms with Crippen LogP contribution in [-0.2, 0) is 0 Å². The number of nitrogen functional groups attached to an aromatic ring is 1. The Morgan fingerprint density at radius 3 is 2.58 bits per heavy atom. The zero-order valence-corrected chi connectivity index (χ0v) is 7.66. The Kier molecular flexibility index (Phi) is 2.53. The van der Waals surface area contributed by atoms with Crippen LogP contribution in [0.4, 0.5) is 5.82 Å². The van der Waals surface area contributed by atoms with Crippen molar-refractivity contribution < 1.29 is 4.74 Å². The van der Waals surface area contributed by atoms with E-state index in [9.17, 15) is 0 Å². The van der Waals surface area contributed by atoms with Gasteiger partial charge < -0.3 is 10.5 Å². The predicted molar refractivity (Wildman–Crippen MR) is 49.2 cm³/mol. The van der Waals surface area contributed by atoms with Gasteiger partial charge >= 0.3 is 0 Å². The molecule has 1 aromatic heterocycles. The van der Waals surface area contributed by atoms with E-state index in [4.69, 9.17) is 10.5 Å². The molecule has 1 heterocycles. The average Bonchev–Trinajstić information content (AvgIpc) is 1.94. The van der Waals surface area contributed by atoms with Gasteiger partial charge in [0.05, 0.1) is 6.10 Å². The van der Waals surface area contributed by atoms with Crippen LogP contribution in [0.15, 0.2) is 12.1 Å². The highest BCUT2D eigenvalue weighted by Gasteiger charge is 2.02. The van der Waals surface area contributed by atoms with Gasteiger partial charge in [0.2, 0.25) is 0 Å². The van der Waals surface area contributed by atoms with Gasteiger partial charge in [0.25, 0.3) is 0 Å². The number of nitrogens with zero attached hydrogens (tertiary/aromatic N) is 1. The molecule has 0 spiro atoms. The topological polar surface area (TPSA) is 48.1 Å². The first kappa shape index (κ1) is 8.84. The molecule has 0 saturated carbocycles. The second-order valence-electron chi connectivity index (χ2n) is 3.00. The van der Waals surface area contributed by atoms with E-state index in [1.807, 2.05) is 32.9 Å². The minimum atomic E-state index is 0.136. The maximum Gasteiger partial charge on any atom is 0.166 e. The van der Waals surface area contributed by atoms with Crippen LogP contribution in [0.5, 0.6) is 5.75 Å². The Balaban J connectivity index is 2.86. The second-order valence-corrected chi connectivity index (χ2v) is 3.00. The van der Waals surface area contributed by atoms with Gasteiger partial charge in [0, 0.05) is 5.69 Å². The number of ether oxygens (including phenoxy) is 1. The predicted octanol–water partition coefficient (Wildman–Crippen LogP) is 1.76. The average molecular weight is 166 g/mol. The molecule has 0 aliphatic heterocycles. The molecule has 0 unspecified atom stereocenters. The molecule has 0 fully saturated rings. The molecule has 3 heteroatoms. The van der Waals surface area contributed by atoms with Crippen LogP contribution in [0, 0.1) is 6.92 Å². The highest BCUT2D eigenvalue weighted by molar-refractivity contribution is 5.46. The summed E-state index contributed by atoms with van der Waals surface area (Å²) >= 11 is 0. The summed E-state index contributed by atoms with van der Waals surface area (Å²) in [7, 11) is 0. The summed E-state index contributed by atoms with van der Waals surface area (Å²) in [5.41, 5.74) is 6.54. The van der Waals surface area contributed by atoms with Crippen molar-refractivity contribution >= 4 is 5.82 Å². The number of hydrogen-bond donors (Lipinski definition) is 1. The second kappa shape index (κ2) is 3.43. The fourth-order valence-electron chi connectivity index (χ4n) is 0.918. The number of aryl methyl sites for hydroxylation is 1. The molecule has 0 atom stereocenters. The minimum absolute atomic E-state index is 0.136. The van der Waals surface area contributed by atoms with Crippen molar-refractivity contribution in [2.75, 3.05) is 5.73 Å². The SMILES string of the molecule is Cc1ccc(OC(C)C)c(N)n1. The van der Waals surface area contributed by atoms with Crippen molar-refractivity contribution in [3.8, 4) is 5.75 Å². The zero-order chi connectivity index (χ0) is 9.14. The fraction of sp³-hybridized carbons (Fsp3) is 0.444. The number of nitrogens with two attached hydrogens (primary N) is 1. The molecule has 0 bridgehead atoms. The molecular formula is C9H14N2O. The zero-order valence-electron chi connectivity index (χ0n) is 7.66. The maximum absolute atomic E-state index is 5.63. The lowest BCUT2D eigenvalue weighted by molar-refractivity contribution is 0.243. The number of anilines is 1. The van der Waals surface area contributed by atoms with Crippen LogP contribution in [0.3, 0.4) is 0 Å². The maximum atomic E-state index is 5.63. The molecule has 12 heavy (non-hydrogen) atoms. The summed E-state index contributed by atoms with van der Waals surface area (Å²) < 4.78 is 5.41. The Labute approximate surface area is 72.6 Å². The van der Waals surface area contributed by atoms with Crippen molar-refractivity contribution in [3.05, 3.63) is 17.8 Å². The highest BCUT2D eigenvalue weighted by Crippen LogP contribution is 2.19. The van der Waals surface area contributed by atoms with Crippen LogP contribution >= 0.6 is 0 Å². The van der Waals surface area contributed by atoms with Crippen molar-refractivity contribution in [2.24, 2.45) is 0 Å². The molecule has 0 saturated heterocycles. The molecule has 3 nitrogen and oxygen atoms in total. The number of aromatic nitrogens is 1. The van der Waals surface area contributed by atoms with Crippen LogP contribution in [0.2, 0.25) is 0 Å². The van der Waals surface area contributed by atoms with Crippen LogP contribution in [0.1, 0.15) is 19.5 Å². The third-order valence-electron chi connectivity index (χ3n) is 1.39. The Bertz CT molecular complexity index is 271. The number of pyridine rings is 1. The first-order valence-corrected chi connectivity index (χ1v) is 3.99. The Morgan fingerprint density at radius 1 is 1.42 bits per heavy atom. The van der Waals surface area contributed by atoms with E-state index in [1.54, 1.807) is 0 Å². The Morgan fingerprint density at radius 2 is 2.08 bits per heavy atom. The van der Waals surface area contributed by atoms with Gasteiger partial charge in [-0.15, -0.1) is 0 Å². The van der Waals surface area contributed by atoms with E-state index >= 15 is 0 Å². The van der Waals surface area contributed by atoms with Crippen molar-refractivity contribution in [1.82, 2.24) is 4.98 Å². The molecule has 66 valence electrons. The van der Waals surface area contributed by atoms with E-state index in [-0.39, 0.29) is 6.10 Å². The minimum Gasteiger partial charge on any atom is -0.487 e. The number of rotatable bonds is 2. The van der Waals surface area contributed by atoms with Crippen molar-refractivity contribution in [3.63, 3.8) is 0 Å². The van der Waals surface area contributed by atoms with Gasteiger partial charge in [-0.1, -0.05) is 0 Å². The summed E-state index contributed by atoms with van der Waals surface area (Å²) in [6.45, 7) is 5.81. The summed E-state index contributed by atoms with van der Waals surface area (Å²) in [6.07, 6.45) is 0.136. The normalized spacial score (nSPS) is 10.3. The summed E-state index contributed by atoms with van der Waals surface area (Å²) in [5, 5.41) is 0. The molecule has 0 aromatic carbocycles. The summed E-state index contributed by atoms with van der Waals surface area (Å²) in [6, 6.07) is 3.73. The quantitative estimate of drug-likeness (QED) is 0.728. The number of hydrogen-bond acceptors (Lipinski definition) is 3. The third kappa shape index (κ3) is 2.12. The van der Waals surface area contributed by atoms with E-state index in [1.165, 1.54) is 0 Å². The lowest BCUT2D eigenvalue weighted by Gasteiger charge is -2.11. The molecule has 2 N–H and O–H groups in total. The largest absolute Gasteiger partial charge is 0.487 e.